The molecule has 0 bridgehead atoms. The van der Waals surface area contributed by atoms with E-state index in [0.29, 0.717) is 0 Å². The molecule has 4 heteroatoms. The number of quaternary nitrogens is 2. The minimum atomic E-state index is 0.0459. The van der Waals surface area contributed by atoms with Crippen LogP contribution < -0.4 is 14.5 Å². The van der Waals surface area contributed by atoms with Crippen molar-refractivity contribution in [3.8, 4) is 5.75 Å². The molecule has 2 N–H and O–H groups in total. The summed E-state index contributed by atoms with van der Waals surface area (Å²) in [5.74, 6) is 0.978. The fraction of sp³-hybridized carbons (Fsp3) is 0.647. The zero-order chi connectivity index (χ0) is 15.5. The highest BCUT2D eigenvalue weighted by Gasteiger charge is 2.21. The van der Waals surface area contributed by atoms with Gasteiger partial charge in [0, 0.05) is 10.6 Å². The van der Waals surface area contributed by atoms with Crippen LogP contribution in [0.1, 0.15) is 26.3 Å². The van der Waals surface area contributed by atoms with E-state index in [1.807, 2.05) is 18.2 Å². The minimum Gasteiger partial charge on any atom is -0.487 e. The summed E-state index contributed by atoms with van der Waals surface area (Å²) in [5, 5.41) is 0.778. The van der Waals surface area contributed by atoms with Crippen LogP contribution >= 0.6 is 11.6 Å². The lowest BCUT2D eigenvalue weighted by Gasteiger charge is -2.28. The second-order valence-corrected chi connectivity index (χ2v) is 7.63. The van der Waals surface area contributed by atoms with Gasteiger partial charge in [-0.3, -0.25) is 0 Å². The van der Waals surface area contributed by atoms with Gasteiger partial charge in [-0.2, -0.15) is 0 Å². The summed E-state index contributed by atoms with van der Waals surface area (Å²) >= 11 is 6.13. The predicted octanol–water partition coefficient (Wildman–Crippen LogP) is 0.430. The molecule has 0 atom stereocenters. The number of hydrogen-bond donors (Lipinski definition) is 2. The first kappa shape index (κ1) is 16.6. The van der Waals surface area contributed by atoms with Crippen LogP contribution in [0, 0.1) is 0 Å². The molecule has 0 saturated carbocycles. The molecule has 1 aliphatic heterocycles. The molecule has 1 aromatic rings. The molecule has 3 nitrogen and oxygen atoms in total. The topological polar surface area (TPSA) is 18.1 Å². The van der Waals surface area contributed by atoms with Gasteiger partial charge in [-0.15, -0.1) is 0 Å². The normalized spacial score (nSPS) is 23.1. The monoisotopic (exact) mass is 312 g/mol. The van der Waals surface area contributed by atoms with Gasteiger partial charge in [0.25, 0.3) is 0 Å². The first-order valence-electron chi connectivity index (χ1n) is 7.94. The minimum absolute atomic E-state index is 0.0459. The van der Waals surface area contributed by atoms with Gasteiger partial charge < -0.3 is 14.5 Å². The summed E-state index contributed by atoms with van der Waals surface area (Å²) in [7, 11) is 2.27. The van der Waals surface area contributed by atoms with E-state index in [-0.39, 0.29) is 5.41 Å². The van der Waals surface area contributed by atoms with Crippen molar-refractivity contribution in [2.45, 2.75) is 26.2 Å². The Bertz CT molecular complexity index is 462. The summed E-state index contributed by atoms with van der Waals surface area (Å²) in [6.45, 7) is 13.5. The molecule has 1 heterocycles. The highest BCUT2D eigenvalue weighted by atomic mass is 35.5. The van der Waals surface area contributed by atoms with Crippen molar-refractivity contribution in [2.75, 3.05) is 46.4 Å². The third-order valence-corrected chi connectivity index (χ3v) is 4.51. The van der Waals surface area contributed by atoms with Crippen molar-refractivity contribution in [1.29, 1.82) is 0 Å². The molecule has 0 spiro atoms. The van der Waals surface area contributed by atoms with Crippen molar-refractivity contribution in [1.82, 2.24) is 0 Å². The van der Waals surface area contributed by atoms with E-state index < -0.39 is 0 Å². The number of likely N-dealkylation sites (N-methyl/N-ethyl adjacent to an activating group) is 1. The van der Waals surface area contributed by atoms with Crippen LogP contribution in [0.2, 0.25) is 5.02 Å². The van der Waals surface area contributed by atoms with Crippen molar-refractivity contribution in [3.05, 3.63) is 28.8 Å². The van der Waals surface area contributed by atoms with Gasteiger partial charge in [-0.1, -0.05) is 32.4 Å². The first-order chi connectivity index (χ1) is 9.86. The predicted molar refractivity (Wildman–Crippen MR) is 87.8 cm³/mol. The number of nitrogens with one attached hydrogen (secondary N) is 2. The van der Waals surface area contributed by atoms with E-state index in [4.69, 9.17) is 16.3 Å². The summed E-state index contributed by atoms with van der Waals surface area (Å²) in [6.07, 6.45) is 0. The lowest BCUT2D eigenvalue weighted by molar-refractivity contribution is -1.00. The fourth-order valence-corrected chi connectivity index (χ4v) is 2.97. The second-order valence-electron chi connectivity index (χ2n) is 7.20. The molecule has 0 aromatic heterocycles. The summed E-state index contributed by atoms with van der Waals surface area (Å²) < 4.78 is 6.06. The number of ether oxygens (including phenoxy) is 1. The summed E-state index contributed by atoms with van der Waals surface area (Å²) in [6, 6.07) is 5.95. The van der Waals surface area contributed by atoms with Crippen LogP contribution in [0.15, 0.2) is 18.2 Å². The van der Waals surface area contributed by atoms with E-state index in [9.17, 15) is 0 Å². The van der Waals surface area contributed by atoms with E-state index in [1.54, 1.807) is 9.80 Å². The number of benzene rings is 1. The zero-order valence-corrected chi connectivity index (χ0v) is 14.5. The van der Waals surface area contributed by atoms with Crippen LogP contribution in [0.4, 0.5) is 0 Å². The number of halogens is 1. The third kappa shape index (κ3) is 4.87. The number of piperazine rings is 1. The van der Waals surface area contributed by atoms with Gasteiger partial charge in [0.05, 0.1) is 7.05 Å². The Morgan fingerprint density at radius 3 is 2.43 bits per heavy atom. The molecular formula is C17H29ClN2O+2. The molecule has 21 heavy (non-hydrogen) atoms. The molecule has 0 amide bonds. The van der Waals surface area contributed by atoms with E-state index in [0.717, 1.165) is 23.9 Å². The van der Waals surface area contributed by atoms with E-state index in [1.165, 1.54) is 31.7 Å². The molecule has 1 saturated heterocycles. The average molecular weight is 313 g/mol. The van der Waals surface area contributed by atoms with Crippen LogP contribution in [-0.2, 0) is 5.41 Å². The van der Waals surface area contributed by atoms with Crippen molar-refractivity contribution < 1.29 is 14.5 Å². The maximum atomic E-state index is 6.13. The summed E-state index contributed by atoms with van der Waals surface area (Å²) in [4.78, 5) is 3.30. The zero-order valence-electron chi connectivity index (χ0n) is 13.8. The molecule has 2 rings (SSSR count). The molecule has 1 aliphatic rings. The Morgan fingerprint density at radius 1 is 1.14 bits per heavy atom. The molecule has 0 aliphatic carbocycles. The third-order valence-electron chi connectivity index (χ3n) is 4.27. The largest absolute Gasteiger partial charge is 0.487 e. The van der Waals surface area contributed by atoms with Gasteiger partial charge in [0.2, 0.25) is 0 Å². The Kier molecular flexibility index (Phi) is 5.53. The maximum absolute atomic E-state index is 6.13. The van der Waals surface area contributed by atoms with Gasteiger partial charge in [-0.25, -0.2) is 0 Å². The lowest BCUT2D eigenvalue weighted by atomic mass is 9.86. The van der Waals surface area contributed by atoms with Gasteiger partial charge in [-0.05, 0) is 23.6 Å². The van der Waals surface area contributed by atoms with Crippen molar-refractivity contribution in [2.24, 2.45) is 0 Å². The second kappa shape index (κ2) is 6.99. The standard InChI is InChI=1S/C17H27ClN2O/c1-17(2,3)15-13-14(18)5-6-16(15)21-12-11-20-9-7-19(4)8-10-20/h5-6,13H,7-12H2,1-4H3/p+2. The molecule has 118 valence electrons. The van der Waals surface area contributed by atoms with Crippen LogP contribution in [-0.4, -0.2) is 46.4 Å². The van der Waals surface area contributed by atoms with E-state index in [2.05, 4.69) is 27.8 Å². The summed E-state index contributed by atoms with van der Waals surface area (Å²) in [5.41, 5.74) is 1.23. The van der Waals surface area contributed by atoms with Crippen molar-refractivity contribution >= 4 is 11.6 Å². The van der Waals surface area contributed by atoms with E-state index >= 15 is 0 Å². The van der Waals surface area contributed by atoms with Gasteiger partial charge in [0.1, 0.15) is 45.1 Å². The number of hydrogen-bond acceptors (Lipinski definition) is 1. The molecule has 1 fully saturated rings. The van der Waals surface area contributed by atoms with Gasteiger partial charge in [0.15, 0.2) is 0 Å². The van der Waals surface area contributed by atoms with Crippen molar-refractivity contribution in [3.63, 3.8) is 0 Å². The number of rotatable bonds is 4. The highest BCUT2D eigenvalue weighted by molar-refractivity contribution is 6.30. The fourth-order valence-electron chi connectivity index (χ4n) is 2.80. The first-order valence-corrected chi connectivity index (χ1v) is 8.32. The van der Waals surface area contributed by atoms with Crippen LogP contribution in [0.3, 0.4) is 0 Å². The average Bonchev–Trinajstić information content (AvgIpc) is 2.41. The van der Waals surface area contributed by atoms with Gasteiger partial charge >= 0.3 is 0 Å². The molecule has 0 radical (unpaired) electrons. The molecule has 0 unspecified atom stereocenters. The maximum Gasteiger partial charge on any atom is 0.137 e. The SMILES string of the molecule is C[NH+]1CC[NH+](CCOc2ccc(Cl)cc2C(C)(C)C)CC1. The highest BCUT2D eigenvalue weighted by Crippen LogP contribution is 2.33. The Balaban J connectivity index is 1.91. The lowest BCUT2D eigenvalue weighted by Crippen LogP contribution is -3.27. The smallest absolute Gasteiger partial charge is 0.137 e. The van der Waals surface area contributed by atoms with Crippen LogP contribution in [0.25, 0.3) is 0 Å². The van der Waals surface area contributed by atoms with Crippen LogP contribution in [0.5, 0.6) is 5.75 Å². The Hall–Kier alpha value is -0.770. The quantitative estimate of drug-likeness (QED) is 0.825. The Labute approximate surface area is 133 Å². The molecular weight excluding hydrogens is 284 g/mol. The Morgan fingerprint density at radius 2 is 1.81 bits per heavy atom. The molecule has 1 aromatic carbocycles.